The van der Waals surface area contributed by atoms with Crippen molar-refractivity contribution < 1.29 is 18.4 Å². The fraction of sp³-hybridized carbons (Fsp3) is 0.176. The predicted molar refractivity (Wildman–Crippen MR) is 81.7 cm³/mol. The second-order valence-corrected chi connectivity index (χ2v) is 5.00. The summed E-state index contributed by atoms with van der Waals surface area (Å²) < 4.78 is 26.5. The molecule has 2 aromatic rings. The highest BCUT2D eigenvalue weighted by molar-refractivity contribution is 5.96. The van der Waals surface area contributed by atoms with E-state index < -0.39 is 23.6 Å². The van der Waals surface area contributed by atoms with Crippen molar-refractivity contribution in [2.75, 3.05) is 6.54 Å². The summed E-state index contributed by atoms with van der Waals surface area (Å²) in [5, 5.41) is 5.02. The maximum Gasteiger partial charge on any atom is 0.251 e. The van der Waals surface area contributed by atoms with E-state index in [-0.39, 0.29) is 18.0 Å². The minimum atomic E-state index is -0.730. The van der Waals surface area contributed by atoms with Crippen LogP contribution >= 0.6 is 0 Å². The van der Waals surface area contributed by atoms with Gasteiger partial charge in [-0.1, -0.05) is 24.3 Å². The molecule has 0 saturated carbocycles. The van der Waals surface area contributed by atoms with Gasteiger partial charge in [-0.25, -0.2) is 8.78 Å². The number of benzene rings is 2. The zero-order valence-electron chi connectivity index (χ0n) is 12.5. The van der Waals surface area contributed by atoms with Gasteiger partial charge < -0.3 is 10.6 Å². The number of nitrogens with one attached hydrogen (secondary N) is 2. The highest BCUT2D eigenvalue weighted by Gasteiger charge is 2.15. The molecule has 1 atom stereocenters. The molecule has 0 heterocycles. The molecular formula is C17H16F2N2O2. The molecule has 0 fully saturated rings. The molecule has 0 unspecified atom stereocenters. The molecule has 0 radical (unpaired) electrons. The van der Waals surface area contributed by atoms with E-state index in [2.05, 4.69) is 10.6 Å². The molecule has 2 N–H and O–H groups in total. The second-order valence-electron chi connectivity index (χ2n) is 5.00. The van der Waals surface area contributed by atoms with Crippen molar-refractivity contribution in [2.45, 2.75) is 13.0 Å². The van der Waals surface area contributed by atoms with Crippen molar-refractivity contribution in [3.05, 3.63) is 71.3 Å². The lowest BCUT2D eigenvalue weighted by Gasteiger charge is -2.15. The van der Waals surface area contributed by atoms with Crippen LogP contribution in [0.2, 0.25) is 0 Å². The lowest BCUT2D eigenvalue weighted by atomic mass is 10.1. The highest BCUT2D eigenvalue weighted by Crippen LogP contribution is 2.17. The van der Waals surface area contributed by atoms with Gasteiger partial charge in [0.25, 0.3) is 5.91 Å². The summed E-state index contributed by atoms with van der Waals surface area (Å²) in [6.45, 7) is 1.34. The van der Waals surface area contributed by atoms with Gasteiger partial charge in [0, 0.05) is 17.2 Å². The quantitative estimate of drug-likeness (QED) is 0.890. The number of hydrogen-bond acceptors (Lipinski definition) is 2. The van der Waals surface area contributed by atoms with E-state index in [0.29, 0.717) is 5.56 Å². The first-order valence-corrected chi connectivity index (χ1v) is 7.05. The first-order valence-electron chi connectivity index (χ1n) is 7.05. The van der Waals surface area contributed by atoms with Gasteiger partial charge in [-0.15, -0.1) is 0 Å². The summed E-state index contributed by atoms with van der Waals surface area (Å²) in [6.07, 6.45) is 0. The summed E-state index contributed by atoms with van der Waals surface area (Å²) in [4.78, 5) is 23.6. The lowest BCUT2D eigenvalue weighted by Crippen LogP contribution is -2.38. The molecule has 0 saturated heterocycles. The Bertz CT molecular complexity index is 705. The molecule has 0 bridgehead atoms. The SMILES string of the molecule is C[C@@H](NC(=O)CNC(=O)c1ccccc1)c1ccc(F)cc1F. The first kappa shape index (κ1) is 16.6. The third kappa shape index (κ3) is 4.60. The van der Waals surface area contributed by atoms with Crippen molar-refractivity contribution >= 4 is 11.8 Å². The van der Waals surface area contributed by atoms with Crippen molar-refractivity contribution in [2.24, 2.45) is 0 Å². The largest absolute Gasteiger partial charge is 0.348 e. The van der Waals surface area contributed by atoms with Crippen molar-refractivity contribution in [3.8, 4) is 0 Å². The zero-order valence-corrected chi connectivity index (χ0v) is 12.5. The average molecular weight is 318 g/mol. The van der Waals surface area contributed by atoms with Gasteiger partial charge in [0.05, 0.1) is 12.6 Å². The van der Waals surface area contributed by atoms with E-state index >= 15 is 0 Å². The van der Waals surface area contributed by atoms with Gasteiger partial charge >= 0.3 is 0 Å². The molecule has 6 heteroatoms. The third-order valence-corrected chi connectivity index (χ3v) is 3.25. The Morgan fingerprint density at radius 1 is 1.09 bits per heavy atom. The molecule has 2 rings (SSSR count). The van der Waals surface area contributed by atoms with E-state index in [1.54, 1.807) is 37.3 Å². The molecule has 2 amide bonds. The molecular weight excluding hydrogens is 302 g/mol. The summed E-state index contributed by atoms with van der Waals surface area (Å²) in [5.74, 6) is -2.25. The number of amides is 2. The number of hydrogen-bond donors (Lipinski definition) is 2. The Morgan fingerprint density at radius 3 is 2.43 bits per heavy atom. The van der Waals surface area contributed by atoms with E-state index in [1.165, 1.54) is 6.07 Å². The number of halogens is 2. The van der Waals surface area contributed by atoms with Gasteiger partial charge in [0.2, 0.25) is 5.91 Å². The Kier molecular flexibility index (Phi) is 5.41. The van der Waals surface area contributed by atoms with Crippen LogP contribution in [-0.2, 0) is 4.79 Å². The lowest BCUT2D eigenvalue weighted by molar-refractivity contribution is -0.120. The molecule has 23 heavy (non-hydrogen) atoms. The van der Waals surface area contributed by atoms with Crippen LogP contribution in [-0.4, -0.2) is 18.4 Å². The predicted octanol–water partition coefficient (Wildman–Crippen LogP) is 2.57. The molecule has 0 aliphatic carbocycles. The second kappa shape index (κ2) is 7.49. The smallest absolute Gasteiger partial charge is 0.251 e. The maximum atomic E-state index is 13.6. The molecule has 0 spiro atoms. The fourth-order valence-corrected chi connectivity index (χ4v) is 2.08. The van der Waals surface area contributed by atoms with Crippen molar-refractivity contribution in [1.29, 1.82) is 0 Å². The van der Waals surface area contributed by atoms with Crippen LogP contribution in [0.1, 0.15) is 28.9 Å². The minimum Gasteiger partial charge on any atom is -0.348 e. The zero-order chi connectivity index (χ0) is 16.8. The topological polar surface area (TPSA) is 58.2 Å². The van der Waals surface area contributed by atoms with Gasteiger partial charge in [0.1, 0.15) is 11.6 Å². The number of carbonyl (C=O) groups excluding carboxylic acids is 2. The molecule has 0 aromatic heterocycles. The first-order chi connectivity index (χ1) is 11.0. The van der Waals surface area contributed by atoms with Crippen molar-refractivity contribution in [1.82, 2.24) is 10.6 Å². The molecule has 0 aliphatic heterocycles. The van der Waals surface area contributed by atoms with Crippen LogP contribution in [0.5, 0.6) is 0 Å². The Hall–Kier alpha value is -2.76. The summed E-state index contributed by atoms with van der Waals surface area (Å²) in [6, 6.07) is 11.0. The van der Waals surface area contributed by atoms with Gasteiger partial charge in [-0.2, -0.15) is 0 Å². The molecule has 0 aliphatic rings. The van der Waals surface area contributed by atoms with Crippen LogP contribution in [0.15, 0.2) is 48.5 Å². The van der Waals surface area contributed by atoms with Gasteiger partial charge in [-0.3, -0.25) is 9.59 Å². The standard InChI is InChI=1S/C17H16F2N2O2/c1-11(14-8-7-13(18)9-15(14)19)21-16(22)10-20-17(23)12-5-3-2-4-6-12/h2-9,11H,10H2,1H3,(H,20,23)(H,21,22)/t11-/m1/s1. The van der Waals surface area contributed by atoms with E-state index in [4.69, 9.17) is 0 Å². The van der Waals surface area contributed by atoms with Crippen LogP contribution in [0.3, 0.4) is 0 Å². The van der Waals surface area contributed by atoms with Crippen LogP contribution < -0.4 is 10.6 Å². The van der Waals surface area contributed by atoms with E-state index in [0.717, 1.165) is 12.1 Å². The van der Waals surface area contributed by atoms with Crippen LogP contribution in [0.25, 0.3) is 0 Å². The molecule has 120 valence electrons. The Balaban J connectivity index is 1.88. The highest BCUT2D eigenvalue weighted by atomic mass is 19.1. The van der Waals surface area contributed by atoms with Gasteiger partial charge in [-0.05, 0) is 25.1 Å². The van der Waals surface area contributed by atoms with Crippen LogP contribution in [0, 0.1) is 11.6 Å². The average Bonchev–Trinajstić information content (AvgIpc) is 2.53. The normalized spacial score (nSPS) is 11.6. The number of rotatable bonds is 5. The molecule has 4 nitrogen and oxygen atoms in total. The third-order valence-electron chi connectivity index (χ3n) is 3.25. The monoisotopic (exact) mass is 318 g/mol. The van der Waals surface area contributed by atoms with E-state index in [9.17, 15) is 18.4 Å². The summed E-state index contributed by atoms with van der Waals surface area (Å²) >= 11 is 0. The number of carbonyl (C=O) groups is 2. The minimum absolute atomic E-state index is 0.175. The van der Waals surface area contributed by atoms with Crippen LogP contribution in [0.4, 0.5) is 8.78 Å². The van der Waals surface area contributed by atoms with Crippen molar-refractivity contribution in [3.63, 3.8) is 0 Å². The van der Waals surface area contributed by atoms with Gasteiger partial charge in [0.15, 0.2) is 0 Å². The molecule has 2 aromatic carbocycles. The maximum absolute atomic E-state index is 13.6. The Labute approximate surface area is 132 Å². The summed E-state index contributed by atoms with van der Waals surface area (Å²) in [7, 11) is 0. The Morgan fingerprint density at radius 2 is 1.78 bits per heavy atom. The fourth-order valence-electron chi connectivity index (χ4n) is 2.08. The van der Waals surface area contributed by atoms with E-state index in [1.807, 2.05) is 0 Å². The summed E-state index contributed by atoms with van der Waals surface area (Å²) in [5.41, 5.74) is 0.618.